The molecule has 7 heteroatoms. The lowest BCUT2D eigenvalue weighted by Gasteiger charge is -2.21. The van der Waals surface area contributed by atoms with Crippen molar-refractivity contribution in [2.24, 2.45) is 5.92 Å². The molecule has 0 amide bonds. The number of carbonyl (C=O) groups excluding carboxylic acids is 3. The molecule has 1 fully saturated rings. The van der Waals surface area contributed by atoms with E-state index in [4.69, 9.17) is 9.47 Å². The summed E-state index contributed by atoms with van der Waals surface area (Å²) in [6.07, 6.45) is 2.19. The molecule has 0 bridgehead atoms. The molecule has 0 saturated heterocycles. The Labute approximate surface area is 130 Å². The van der Waals surface area contributed by atoms with Gasteiger partial charge in [-0.2, -0.15) is 0 Å². The van der Waals surface area contributed by atoms with Gasteiger partial charge in [-0.3, -0.25) is 19.3 Å². The van der Waals surface area contributed by atoms with Crippen LogP contribution in [0.2, 0.25) is 0 Å². The lowest BCUT2D eigenvalue weighted by atomic mass is 10.3. The molecule has 7 nitrogen and oxygen atoms in total. The zero-order valence-electron chi connectivity index (χ0n) is 13.3. The molecule has 0 atom stereocenters. The first-order chi connectivity index (χ1) is 10.5. The van der Waals surface area contributed by atoms with Gasteiger partial charge in [-0.15, -0.1) is 0 Å². The van der Waals surface area contributed by atoms with E-state index in [0.717, 1.165) is 19.4 Å². The molecule has 0 spiro atoms. The zero-order valence-corrected chi connectivity index (χ0v) is 13.3. The van der Waals surface area contributed by atoms with E-state index in [1.165, 1.54) is 0 Å². The van der Waals surface area contributed by atoms with Crippen LogP contribution in [0.15, 0.2) is 0 Å². The summed E-state index contributed by atoms with van der Waals surface area (Å²) in [4.78, 5) is 36.0. The van der Waals surface area contributed by atoms with Crippen LogP contribution in [0.5, 0.6) is 0 Å². The van der Waals surface area contributed by atoms with Crippen LogP contribution in [-0.4, -0.2) is 55.8 Å². The first kappa shape index (κ1) is 18.4. The maximum Gasteiger partial charge on any atom is 0.318 e. The summed E-state index contributed by atoms with van der Waals surface area (Å²) < 4.78 is 14.6. The lowest BCUT2D eigenvalue weighted by molar-refractivity contribution is -0.157. The Bertz CT molecular complexity index is 380. The van der Waals surface area contributed by atoms with E-state index in [0.29, 0.717) is 19.1 Å². The third-order valence-corrected chi connectivity index (χ3v) is 3.15. The Kier molecular flexibility index (Phi) is 8.50. The predicted molar refractivity (Wildman–Crippen MR) is 77.8 cm³/mol. The Hall–Kier alpha value is -1.63. The normalized spacial score (nSPS) is 13.8. The number of nitrogens with zero attached hydrogens (tertiary/aromatic N) is 1. The van der Waals surface area contributed by atoms with E-state index in [1.54, 1.807) is 13.8 Å². The summed E-state index contributed by atoms with van der Waals surface area (Å²) in [5.74, 6) is -0.866. The maximum atomic E-state index is 11.5. The van der Waals surface area contributed by atoms with Crippen LogP contribution in [0.3, 0.4) is 0 Å². The highest BCUT2D eigenvalue weighted by Crippen LogP contribution is 2.29. The van der Waals surface area contributed by atoms with E-state index in [9.17, 15) is 14.4 Å². The van der Waals surface area contributed by atoms with Gasteiger partial charge in [0.2, 0.25) is 0 Å². The summed E-state index contributed by atoms with van der Waals surface area (Å²) in [5, 5.41) is 0. The maximum absolute atomic E-state index is 11.5. The largest absolute Gasteiger partial charge is 0.466 e. The summed E-state index contributed by atoms with van der Waals surface area (Å²) in [5.41, 5.74) is 0. The number of esters is 3. The highest BCUT2D eigenvalue weighted by Gasteiger charge is 2.25. The van der Waals surface area contributed by atoms with Gasteiger partial charge in [0, 0.05) is 13.1 Å². The van der Waals surface area contributed by atoms with Gasteiger partial charge in [-0.1, -0.05) is 0 Å². The molecular formula is C15H25NO6. The van der Waals surface area contributed by atoms with E-state index >= 15 is 0 Å². The van der Waals surface area contributed by atoms with Crippen molar-refractivity contribution in [3.63, 3.8) is 0 Å². The van der Waals surface area contributed by atoms with Crippen molar-refractivity contribution in [1.82, 2.24) is 4.90 Å². The molecule has 1 aliphatic carbocycles. The van der Waals surface area contributed by atoms with Crippen molar-refractivity contribution in [2.75, 3.05) is 33.0 Å². The summed E-state index contributed by atoms with van der Waals surface area (Å²) >= 11 is 0. The minimum atomic E-state index is -0.615. The zero-order chi connectivity index (χ0) is 16.4. The molecule has 22 heavy (non-hydrogen) atoms. The Morgan fingerprint density at radius 3 is 2.14 bits per heavy atom. The fourth-order valence-electron chi connectivity index (χ4n) is 1.90. The number of ether oxygens (including phenoxy) is 3. The molecule has 1 saturated carbocycles. The number of hydrogen-bond acceptors (Lipinski definition) is 7. The minimum Gasteiger partial charge on any atom is -0.466 e. The second kappa shape index (κ2) is 10.2. The average Bonchev–Trinajstić information content (AvgIpc) is 3.26. The molecule has 0 aromatic rings. The van der Waals surface area contributed by atoms with Crippen molar-refractivity contribution in [1.29, 1.82) is 0 Å². The molecule has 0 heterocycles. The highest BCUT2D eigenvalue weighted by molar-refractivity contribution is 5.91. The summed E-state index contributed by atoms with van der Waals surface area (Å²) in [7, 11) is 0. The summed E-state index contributed by atoms with van der Waals surface area (Å²) in [6, 6.07) is 0. The molecule has 0 unspecified atom stereocenters. The SMILES string of the molecule is CCOC(=O)CCN(COC(=O)CC(=O)OCC)CC1CC1. The molecule has 126 valence electrons. The molecule has 0 aliphatic heterocycles. The van der Waals surface area contributed by atoms with Crippen molar-refractivity contribution in [3.05, 3.63) is 0 Å². The van der Waals surface area contributed by atoms with Crippen molar-refractivity contribution < 1.29 is 28.6 Å². The molecular weight excluding hydrogens is 290 g/mol. The monoisotopic (exact) mass is 315 g/mol. The van der Waals surface area contributed by atoms with Crippen molar-refractivity contribution in [2.45, 2.75) is 39.5 Å². The third kappa shape index (κ3) is 8.61. The van der Waals surface area contributed by atoms with Crippen LogP contribution in [0.25, 0.3) is 0 Å². The van der Waals surface area contributed by atoms with E-state index in [1.807, 2.05) is 4.90 Å². The molecule has 1 aliphatic rings. The smallest absolute Gasteiger partial charge is 0.318 e. The van der Waals surface area contributed by atoms with Gasteiger partial charge >= 0.3 is 17.9 Å². The van der Waals surface area contributed by atoms with Crippen molar-refractivity contribution in [3.8, 4) is 0 Å². The van der Waals surface area contributed by atoms with Gasteiger partial charge in [0.25, 0.3) is 0 Å². The van der Waals surface area contributed by atoms with Gasteiger partial charge < -0.3 is 14.2 Å². The molecule has 1 rings (SSSR count). The van der Waals surface area contributed by atoms with E-state index in [-0.39, 0.29) is 32.1 Å². The van der Waals surface area contributed by atoms with Gasteiger partial charge in [-0.25, -0.2) is 0 Å². The van der Waals surface area contributed by atoms with E-state index in [2.05, 4.69) is 4.74 Å². The molecule has 0 radical (unpaired) electrons. The van der Waals surface area contributed by atoms with Crippen molar-refractivity contribution >= 4 is 17.9 Å². The number of hydrogen-bond donors (Lipinski definition) is 0. The first-order valence-electron chi connectivity index (χ1n) is 7.74. The quantitative estimate of drug-likeness (QED) is 0.244. The third-order valence-electron chi connectivity index (χ3n) is 3.15. The van der Waals surface area contributed by atoms with Crippen LogP contribution in [0.1, 0.15) is 39.5 Å². The lowest BCUT2D eigenvalue weighted by Crippen LogP contribution is -2.32. The van der Waals surface area contributed by atoms with E-state index < -0.39 is 11.9 Å². The highest BCUT2D eigenvalue weighted by atomic mass is 16.6. The molecule has 0 aromatic carbocycles. The van der Waals surface area contributed by atoms with Gasteiger partial charge in [0.15, 0.2) is 0 Å². The molecule has 0 aromatic heterocycles. The van der Waals surface area contributed by atoms with Crippen LogP contribution >= 0.6 is 0 Å². The van der Waals surface area contributed by atoms with Crippen LogP contribution in [0, 0.1) is 5.92 Å². The second-order valence-corrected chi connectivity index (χ2v) is 5.20. The van der Waals surface area contributed by atoms with Crippen LogP contribution in [0.4, 0.5) is 0 Å². The first-order valence-corrected chi connectivity index (χ1v) is 7.74. The Balaban J connectivity index is 2.29. The van der Waals surface area contributed by atoms with Gasteiger partial charge in [0.05, 0.1) is 19.6 Å². The standard InChI is InChI=1S/C15H25NO6/c1-3-20-13(17)7-8-16(10-12-5-6-12)11-22-15(19)9-14(18)21-4-2/h12H,3-11H2,1-2H3. The second-order valence-electron chi connectivity index (χ2n) is 5.20. The minimum absolute atomic E-state index is 0.0775. The van der Waals surface area contributed by atoms with Crippen LogP contribution < -0.4 is 0 Å². The number of carbonyl (C=O) groups is 3. The average molecular weight is 315 g/mol. The van der Waals surface area contributed by atoms with Gasteiger partial charge in [0.1, 0.15) is 13.2 Å². The Morgan fingerprint density at radius 2 is 1.55 bits per heavy atom. The topological polar surface area (TPSA) is 82.1 Å². The number of rotatable bonds is 11. The predicted octanol–water partition coefficient (Wildman–Crippen LogP) is 1.11. The van der Waals surface area contributed by atoms with Crippen LogP contribution in [-0.2, 0) is 28.6 Å². The van der Waals surface area contributed by atoms with Gasteiger partial charge in [-0.05, 0) is 32.6 Å². The summed E-state index contributed by atoms with van der Waals surface area (Å²) in [6.45, 7) is 5.37. The fraction of sp³-hybridized carbons (Fsp3) is 0.800. The fourth-order valence-corrected chi connectivity index (χ4v) is 1.90. The molecule has 0 N–H and O–H groups in total. The Morgan fingerprint density at radius 1 is 0.955 bits per heavy atom.